The Morgan fingerprint density at radius 3 is 2.31 bits per heavy atom. The summed E-state index contributed by atoms with van der Waals surface area (Å²) in [7, 11) is -1.92. The fraction of sp³-hybridized carbons (Fsp3) is 0.292. The predicted molar refractivity (Wildman–Crippen MR) is 125 cm³/mol. The van der Waals surface area contributed by atoms with Crippen molar-refractivity contribution in [2.75, 3.05) is 44.7 Å². The van der Waals surface area contributed by atoms with Crippen LogP contribution in [-0.4, -0.2) is 58.1 Å². The minimum Gasteiger partial charge on any atom is -0.497 e. The summed E-state index contributed by atoms with van der Waals surface area (Å²) < 4.78 is 33.6. The number of pyridine rings is 1. The van der Waals surface area contributed by atoms with Crippen molar-refractivity contribution in [2.45, 2.75) is 10.9 Å². The zero-order valence-electron chi connectivity index (χ0n) is 18.1. The van der Waals surface area contributed by atoms with E-state index in [1.165, 1.54) is 0 Å². The quantitative estimate of drug-likeness (QED) is 0.567. The Bertz CT molecular complexity index is 1090. The van der Waals surface area contributed by atoms with Gasteiger partial charge in [-0.3, -0.25) is 9.88 Å². The van der Waals surface area contributed by atoms with Gasteiger partial charge in [-0.15, -0.1) is 0 Å². The van der Waals surface area contributed by atoms with E-state index in [0.717, 1.165) is 43.2 Å². The first kappa shape index (κ1) is 22.3. The van der Waals surface area contributed by atoms with Crippen molar-refractivity contribution in [1.29, 1.82) is 0 Å². The summed E-state index contributed by atoms with van der Waals surface area (Å²) in [6.07, 6.45) is 3.55. The standard InChI is InChI=1S/C24H28N4O3S/c1-31-22-11-9-21(10-12-22)27-14-16-28(17-15-27)24(20-6-5-13-25-18-20)19-26-32(29,30)23-7-3-2-4-8-23/h2-13,18,24,26H,14-17,19H2,1H3/t24-/m0/s1. The molecule has 32 heavy (non-hydrogen) atoms. The number of methoxy groups -OCH3 is 1. The van der Waals surface area contributed by atoms with Gasteiger partial charge in [-0.1, -0.05) is 24.3 Å². The fourth-order valence-electron chi connectivity index (χ4n) is 3.99. The highest BCUT2D eigenvalue weighted by Gasteiger charge is 2.27. The molecule has 0 spiro atoms. The Balaban J connectivity index is 1.46. The molecular formula is C24H28N4O3S. The van der Waals surface area contributed by atoms with Crippen LogP contribution in [0.25, 0.3) is 0 Å². The highest BCUT2D eigenvalue weighted by atomic mass is 32.2. The van der Waals surface area contributed by atoms with Crippen molar-refractivity contribution in [3.8, 4) is 5.75 Å². The number of nitrogens with one attached hydrogen (secondary N) is 1. The van der Waals surface area contributed by atoms with Gasteiger partial charge in [0.15, 0.2) is 0 Å². The molecule has 1 aromatic heterocycles. The van der Waals surface area contributed by atoms with Crippen LogP contribution in [0.3, 0.4) is 0 Å². The number of rotatable bonds is 8. The average Bonchev–Trinajstić information content (AvgIpc) is 2.86. The van der Waals surface area contributed by atoms with Crippen LogP contribution in [0, 0.1) is 0 Å². The van der Waals surface area contributed by atoms with Gasteiger partial charge in [0, 0.05) is 50.8 Å². The van der Waals surface area contributed by atoms with Crippen LogP contribution in [0.2, 0.25) is 0 Å². The van der Waals surface area contributed by atoms with Gasteiger partial charge in [-0.2, -0.15) is 0 Å². The number of sulfonamides is 1. The molecule has 1 aliphatic heterocycles. The minimum absolute atomic E-state index is 0.0970. The second kappa shape index (κ2) is 10.1. The molecule has 168 valence electrons. The lowest BCUT2D eigenvalue weighted by Gasteiger charge is -2.40. The number of hydrogen-bond acceptors (Lipinski definition) is 6. The third kappa shape index (κ3) is 5.27. The Morgan fingerprint density at radius 2 is 1.69 bits per heavy atom. The molecule has 0 aliphatic carbocycles. The van der Waals surface area contributed by atoms with E-state index >= 15 is 0 Å². The molecule has 8 heteroatoms. The van der Waals surface area contributed by atoms with Crippen molar-refractivity contribution >= 4 is 15.7 Å². The summed E-state index contributed by atoms with van der Waals surface area (Å²) >= 11 is 0. The Labute approximate surface area is 189 Å². The first-order chi connectivity index (χ1) is 15.6. The van der Waals surface area contributed by atoms with E-state index in [2.05, 4.69) is 31.6 Å². The highest BCUT2D eigenvalue weighted by Crippen LogP contribution is 2.25. The second-order valence-electron chi connectivity index (χ2n) is 7.69. The minimum atomic E-state index is -3.58. The average molecular weight is 453 g/mol. The lowest BCUT2D eigenvalue weighted by molar-refractivity contribution is 0.186. The van der Waals surface area contributed by atoms with Gasteiger partial charge >= 0.3 is 0 Å². The Kier molecular flexibility index (Phi) is 7.04. The summed E-state index contributed by atoms with van der Waals surface area (Å²) in [6, 6.07) is 20.4. The van der Waals surface area contributed by atoms with Crippen LogP contribution in [0.5, 0.6) is 5.75 Å². The van der Waals surface area contributed by atoms with Crippen molar-refractivity contribution in [1.82, 2.24) is 14.6 Å². The summed E-state index contributed by atoms with van der Waals surface area (Å²) in [5.74, 6) is 0.842. The molecule has 0 unspecified atom stereocenters. The Morgan fingerprint density at radius 1 is 0.969 bits per heavy atom. The molecule has 1 N–H and O–H groups in total. The molecule has 1 fully saturated rings. The van der Waals surface area contributed by atoms with Crippen LogP contribution >= 0.6 is 0 Å². The Hall–Kier alpha value is -2.94. The van der Waals surface area contributed by atoms with Crippen molar-refractivity contribution < 1.29 is 13.2 Å². The molecule has 0 bridgehead atoms. The predicted octanol–water partition coefficient (Wildman–Crippen LogP) is 2.93. The number of piperazine rings is 1. The third-order valence-electron chi connectivity index (χ3n) is 5.78. The molecule has 2 heterocycles. The lowest BCUT2D eigenvalue weighted by atomic mass is 10.1. The number of aromatic nitrogens is 1. The molecule has 4 rings (SSSR count). The van der Waals surface area contributed by atoms with E-state index in [4.69, 9.17) is 4.74 Å². The van der Waals surface area contributed by atoms with E-state index in [-0.39, 0.29) is 17.5 Å². The van der Waals surface area contributed by atoms with Crippen molar-refractivity contribution in [3.63, 3.8) is 0 Å². The van der Waals surface area contributed by atoms with Crippen molar-refractivity contribution in [3.05, 3.63) is 84.7 Å². The maximum absolute atomic E-state index is 12.8. The smallest absolute Gasteiger partial charge is 0.240 e. The van der Waals surface area contributed by atoms with E-state index in [0.29, 0.717) is 0 Å². The normalized spacial score (nSPS) is 16.0. The summed E-state index contributed by atoms with van der Waals surface area (Å²) in [5.41, 5.74) is 2.16. The first-order valence-electron chi connectivity index (χ1n) is 10.6. The number of anilines is 1. The van der Waals surface area contributed by atoms with Crippen molar-refractivity contribution in [2.24, 2.45) is 0 Å². The van der Waals surface area contributed by atoms with Crippen LogP contribution in [0.15, 0.2) is 84.0 Å². The summed E-state index contributed by atoms with van der Waals surface area (Å²) in [5, 5.41) is 0. The monoisotopic (exact) mass is 452 g/mol. The van der Waals surface area contributed by atoms with Gasteiger partial charge in [0.25, 0.3) is 0 Å². The van der Waals surface area contributed by atoms with E-state index < -0.39 is 10.0 Å². The molecule has 7 nitrogen and oxygen atoms in total. The molecule has 1 aliphatic rings. The molecule has 0 amide bonds. The van der Waals surface area contributed by atoms with Crippen LogP contribution in [0.1, 0.15) is 11.6 Å². The molecule has 3 aromatic rings. The molecule has 1 saturated heterocycles. The third-order valence-corrected chi connectivity index (χ3v) is 7.22. The molecule has 0 radical (unpaired) electrons. The fourth-order valence-corrected chi connectivity index (χ4v) is 5.05. The maximum atomic E-state index is 12.8. The van der Waals surface area contributed by atoms with Gasteiger partial charge in [0.1, 0.15) is 5.75 Å². The zero-order valence-corrected chi connectivity index (χ0v) is 18.9. The lowest BCUT2D eigenvalue weighted by Crippen LogP contribution is -2.49. The zero-order chi connectivity index (χ0) is 22.4. The molecule has 2 aromatic carbocycles. The number of nitrogens with zero attached hydrogens (tertiary/aromatic N) is 3. The van der Waals surface area contributed by atoms with Crippen LogP contribution in [-0.2, 0) is 10.0 Å². The first-order valence-corrected chi connectivity index (χ1v) is 12.1. The number of benzene rings is 2. The maximum Gasteiger partial charge on any atom is 0.240 e. The topological polar surface area (TPSA) is 74.8 Å². The molecule has 0 saturated carbocycles. The van der Waals surface area contributed by atoms with Gasteiger partial charge in [0.2, 0.25) is 10.0 Å². The highest BCUT2D eigenvalue weighted by molar-refractivity contribution is 7.89. The van der Waals surface area contributed by atoms with Gasteiger partial charge in [-0.05, 0) is 48.0 Å². The SMILES string of the molecule is COc1ccc(N2CCN([C@@H](CNS(=O)(=O)c3ccccc3)c3cccnc3)CC2)cc1. The number of hydrogen-bond donors (Lipinski definition) is 1. The summed E-state index contributed by atoms with van der Waals surface area (Å²) in [4.78, 5) is 9.19. The summed E-state index contributed by atoms with van der Waals surface area (Å²) in [6.45, 7) is 3.63. The van der Waals surface area contributed by atoms with Gasteiger partial charge in [-0.25, -0.2) is 13.1 Å². The van der Waals surface area contributed by atoms with E-state index in [1.807, 2.05) is 30.5 Å². The van der Waals surface area contributed by atoms with Crippen LogP contribution < -0.4 is 14.4 Å². The van der Waals surface area contributed by atoms with Gasteiger partial charge < -0.3 is 9.64 Å². The van der Waals surface area contributed by atoms with E-state index in [9.17, 15) is 8.42 Å². The molecular weight excluding hydrogens is 424 g/mol. The van der Waals surface area contributed by atoms with Gasteiger partial charge in [0.05, 0.1) is 18.0 Å². The molecule has 1 atom stereocenters. The van der Waals surface area contributed by atoms with E-state index in [1.54, 1.807) is 43.6 Å². The van der Waals surface area contributed by atoms with Crippen LogP contribution in [0.4, 0.5) is 5.69 Å². The largest absolute Gasteiger partial charge is 0.497 e. The second-order valence-corrected chi connectivity index (χ2v) is 9.46. The number of ether oxygens (including phenoxy) is 1.